The van der Waals surface area contributed by atoms with Gasteiger partial charge in [-0.25, -0.2) is 18.5 Å². The Morgan fingerprint density at radius 1 is 0.976 bits per heavy atom. The molecule has 0 saturated carbocycles. The maximum Gasteiger partial charge on any atom is 0.238 e. The topological polar surface area (TPSA) is 114 Å². The summed E-state index contributed by atoms with van der Waals surface area (Å²) in [6, 6.07) is 24.3. The van der Waals surface area contributed by atoms with Crippen LogP contribution < -0.4 is 5.14 Å². The van der Waals surface area contributed by atoms with Crippen molar-refractivity contribution >= 4 is 16.1 Å². The zero-order valence-electron chi connectivity index (χ0n) is 24.0. The van der Waals surface area contributed by atoms with Crippen molar-refractivity contribution in [3.63, 3.8) is 0 Å². The van der Waals surface area contributed by atoms with Gasteiger partial charge in [-0.1, -0.05) is 60.7 Å². The molecule has 2 heterocycles. The van der Waals surface area contributed by atoms with Gasteiger partial charge in [-0.15, -0.1) is 0 Å². The second-order valence-corrected chi connectivity index (χ2v) is 12.2. The summed E-state index contributed by atoms with van der Waals surface area (Å²) >= 11 is 0. The molecule has 5 rings (SSSR count). The van der Waals surface area contributed by atoms with Gasteiger partial charge in [0, 0.05) is 31.1 Å². The molecule has 0 radical (unpaired) electrons. The summed E-state index contributed by atoms with van der Waals surface area (Å²) in [6.45, 7) is 4.99. The van der Waals surface area contributed by atoms with Gasteiger partial charge in [0.05, 0.1) is 35.9 Å². The third-order valence-electron chi connectivity index (χ3n) is 7.42. The number of hydrogen-bond acceptors (Lipinski definition) is 7. The Kier molecular flexibility index (Phi) is 9.05. The lowest BCUT2D eigenvalue weighted by molar-refractivity contribution is -0.152. The zero-order chi connectivity index (χ0) is 29.7. The first-order valence-corrected chi connectivity index (χ1v) is 15.5. The summed E-state index contributed by atoms with van der Waals surface area (Å²) in [6.07, 6.45) is 5.49. The van der Waals surface area contributed by atoms with Crippen molar-refractivity contribution in [1.82, 2.24) is 4.98 Å². The molecule has 3 aromatic carbocycles. The largest absolute Gasteiger partial charge is 0.436 e. The van der Waals surface area contributed by atoms with Crippen LogP contribution in [0, 0.1) is 0 Å². The highest BCUT2D eigenvalue weighted by Crippen LogP contribution is 2.40. The number of ether oxygens (including phenoxy) is 3. The average molecular weight is 589 g/mol. The Morgan fingerprint density at radius 2 is 1.69 bits per heavy atom. The molecule has 0 amide bonds. The molecule has 4 aromatic rings. The summed E-state index contributed by atoms with van der Waals surface area (Å²) in [5.74, 6) is 0.943. The van der Waals surface area contributed by atoms with Crippen molar-refractivity contribution in [3.05, 3.63) is 102 Å². The number of hydrogen-bond donors (Lipinski definition) is 1. The monoisotopic (exact) mass is 588 g/mol. The van der Waals surface area contributed by atoms with Crippen molar-refractivity contribution in [1.29, 1.82) is 0 Å². The fourth-order valence-electron chi connectivity index (χ4n) is 5.55. The molecule has 2 unspecified atom stereocenters. The number of benzene rings is 3. The minimum absolute atomic E-state index is 0.0316. The standard InChI is InChI=1S/C33H36N2O6S/c1-23-20-33(38-3,21-24(2)40-23)28-12-7-9-25(19-28)22-39-18-8-13-30-35-31(26-10-5-4-6-11-26)32(41-30)27-14-16-29(17-15-27)42(34,36)37/h4-17,19,23-24H,18,20-22H2,1-3H3,(H2,34,36,37). The first kappa shape index (κ1) is 29.9. The maximum absolute atomic E-state index is 11.7. The molecule has 0 bridgehead atoms. The first-order valence-electron chi connectivity index (χ1n) is 13.9. The lowest BCUT2D eigenvalue weighted by Gasteiger charge is -2.42. The molecule has 9 heteroatoms. The van der Waals surface area contributed by atoms with Crippen LogP contribution in [0.15, 0.2) is 94.3 Å². The molecule has 220 valence electrons. The van der Waals surface area contributed by atoms with Crippen molar-refractivity contribution < 1.29 is 27.0 Å². The highest BCUT2D eigenvalue weighted by atomic mass is 32.2. The van der Waals surface area contributed by atoms with Gasteiger partial charge in [0.2, 0.25) is 15.9 Å². The predicted octanol–water partition coefficient (Wildman–Crippen LogP) is 6.32. The van der Waals surface area contributed by atoms with Crippen LogP contribution in [0.4, 0.5) is 0 Å². The van der Waals surface area contributed by atoms with E-state index in [0.717, 1.165) is 29.5 Å². The average Bonchev–Trinajstić information content (AvgIpc) is 3.41. The summed E-state index contributed by atoms with van der Waals surface area (Å²) in [5.41, 5.74) is 4.06. The third-order valence-corrected chi connectivity index (χ3v) is 8.35. The molecule has 1 aliphatic heterocycles. The molecule has 1 fully saturated rings. The second kappa shape index (κ2) is 12.7. The number of methoxy groups -OCH3 is 1. The van der Waals surface area contributed by atoms with Gasteiger partial charge in [0.25, 0.3) is 0 Å². The highest BCUT2D eigenvalue weighted by molar-refractivity contribution is 7.89. The lowest BCUT2D eigenvalue weighted by atomic mass is 9.81. The first-order chi connectivity index (χ1) is 20.2. The van der Waals surface area contributed by atoms with Gasteiger partial charge < -0.3 is 18.6 Å². The Labute approximate surface area is 247 Å². The van der Waals surface area contributed by atoms with Gasteiger partial charge in [0.15, 0.2) is 5.76 Å². The molecule has 1 aliphatic rings. The normalized spacial score (nSPS) is 21.1. The Balaban J connectivity index is 1.28. The summed E-state index contributed by atoms with van der Waals surface area (Å²) in [4.78, 5) is 4.73. The van der Waals surface area contributed by atoms with E-state index in [1.807, 2.05) is 42.5 Å². The number of rotatable bonds is 10. The van der Waals surface area contributed by atoms with Crippen LogP contribution >= 0.6 is 0 Å². The molecule has 42 heavy (non-hydrogen) atoms. The quantitative estimate of drug-likeness (QED) is 0.216. The number of oxazole rings is 1. The van der Waals surface area contributed by atoms with Gasteiger partial charge >= 0.3 is 0 Å². The van der Waals surface area contributed by atoms with Crippen LogP contribution in [0.2, 0.25) is 0 Å². The molecule has 1 aromatic heterocycles. The predicted molar refractivity (Wildman–Crippen MR) is 162 cm³/mol. The van der Waals surface area contributed by atoms with E-state index in [2.05, 4.69) is 32.0 Å². The van der Waals surface area contributed by atoms with Gasteiger partial charge in [-0.05, 0) is 55.3 Å². The Hall–Kier alpha value is -3.60. The Bertz CT molecular complexity index is 1620. The van der Waals surface area contributed by atoms with E-state index >= 15 is 0 Å². The van der Waals surface area contributed by atoms with E-state index in [-0.39, 0.29) is 22.7 Å². The molecule has 2 N–H and O–H groups in total. The van der Waals surface area contributed by atoms with Crippen molar-refractivity contribution in [2.75, 3.05) is 13.7 Å². The summed E-state index contributed by atoms with van der Waals surface area (Å²) < 4.78 is 47.5. The van der Waals surface area contributed by atoms with E-state index in [0.29, 0.717) is 36.1 Å². The minimum atomic E-state index is -3.80. The fourth-order valence-corrected chi connectivity index (χ4v) is 6.07. The molecule has 8 nitrogen and oxygen atoms in total. The molecular weight excluding hydrogens is 552 g/mol. The van der Waals surface area contributed by atoms with E-state index < -0.39 is 10.0 Å². The molecular formula is C33H36N2O6S. The van der Waals surface area contributed by atoms with Crippen molar-refractivity contribution in [3.8, 4) is 22.6 Å². The number of nitrogens with two attached hydrogens (primary N) is 1. The third kappa shape index (κ3) is 6.88. The summed E-state index contributed by atoms with van der Waals surface area (Å²) in [5, 5.41) is 5.26. The number of sulfonamides is 1. The van der Waals surface area contributed by atoms with Crippen LogP contribution in [0.3, 0.4) is 0 Å². The minimum Gasteiger partial charge on any atom is -0.436 e. The van der Waals surface area contributed by atoms with E-state index in [4.69, 9.17) is 28.8 Å². The van der Waals surface area contributed by atoms with Crippen molar-refractivity contribution in [2.24, 2.45) is 5.14 Å². The smallest absolute Gasteiger partial charge is 0.238 e. The SMILES string of the molecule is COC1(c2cccc(COCC=Cc3nc(-c4ccccc4)c(-c4ccc(S(N)(=O)=O)cc4)o3)c2)CC(C)OC(C)C1. The molecule has 0 spiro atoms. The Morgan fingerprint density at radius 3 is 2.36 bits per heavy atom. The van der Waals surface area contributed by atoms with Crippen LogP contribution in [0.5, 0.6) is 0 Å². The molecule has 1 saturated heterocycles. The van der Waals surface area contributed by atoms with Crippen LogP contribution in [0.1, 0.15) is 43.7 Å². The zero-order valence-corrected chi connectivity index (χ0v) is 24.8. The highest BCUT2D eigenvalue weighted by Gasteiger charge is 2.40. The second-order valence-electron chi connectivity index (χ2n) is 10.6. The van der Waals surface area contributed by atoms with Crippen molar-refractivity contribution in [2.45, 2.75) is 56.0 Å². The molecule has 2 atom stereocenters. The lowest BCUT2D eigenvalue weighted by Crippen LogP contribution is -2.42. The van der Waals surface area contributed by atoms with E-state index in [1.54, 1.807) is 25.3 Å². The van der Waals surface area contributed by atoms with E-state index in [9.17, 15) is 8.42 Å². The maximum atomic E-state index is 11.7. The van der Waals surface area contributed by atoms with Gasteiger partial charge in [-0.3, -0.25) is 0 Å². The summed E-state index contributed by atoms with van der Waals surface area (Å²) in [7, 11) is -2.02. The number of primary sulfonamides is 1. The van der Waals surface area contributed by atoms with Crippen LogP contribution in [0.25, 0.3) is 28.7 Å². The van der Waals surface area contributed by atoms with Gasteiger partial charge in [0.1, 0.15) is 5.69 Å². The van der Waals surface area contributed by atoms with Gasteiger partial charge in [-0.2, -0.15) is 0 Å². The number of aromatic nitrogens is 1. The van der Waals surface area contributed by atoms with Crippen LogP contribution in [-0.2, 0) is 36.4 Å². The van der Waals surface area contributed by atoms with E-state index in [1.165, 1.54) is 12.1 Å². The molecule has 0 aliphatic carbocycles. The van der Waals surface area contributed by atoms with Crippen LogP contribution in [-0.4, -0.2) is 39.3 Å². The number of nitrogens with zero attached hydrogens (tertiary/aromatic N) is 1. The fraction of sp³-hybridized carbons (Fsp3) is 0.303.